The summed E-state index contributed by atoms with van der Waals surface area (Å²) in [5.74, 6) is -3.55. The summed E-state index contributed by atoms with van der Waals surface area (Å²) in [6.45, 7) is 1.69. The number of azo groups is 3. The predicted molar refractivity (Wildman–Crippen MR) is 302 cm³/mol. The van der Waals surface area contributed by atoms with Crippen molar-refractivity contribution in [3.8, 4) is 34.1 Å². The number of benzene rings is 8. The van der Waals surface area contributed by atoms with Gasteiger partial charge in [-0.1, -0.05) is 29.8 Å². The molecule has 0 unspecified atom stereocenters. The first-order valence-electron chi connectivity index (χ1n) is 22.1. The third-order valence-electron chi connectivity index (χ3n) is 11.7. The number of nitro benzene ring substituents is 1. The number of methoxy groups -OCH3 is 2. The van der Waals surface area contributed by atoms with Crippen LogP contribution >= 0.6 is 0 Å². The van der Waals surface area contributed by atoms with Crippen molar-refractivity contribution in [2.75, 3.05) is 24.7 Å². The van der Waals surface area contributed by atoms with Crippen molar-refractivity contribution < 1.29 is 81.8 Å². The summed E-state index contributed by atoms with van der Waals surface area (Å²) in [6.07, 6.45) is 0. The molecule has 0 saturated carbocycles. The molecule has 8 aromatic rings. The van der Waals surface area contributed by atoms with Crippen LogP contribution in [0.15, 0.2) is 166 Å². The number of nitrogens with zero attached hydrogens (tertiary/aromatic N) is 7. The molecular weight excluding hydrogens is 1200 g/mol. The van der Waals surface area contributed by atoms with E-state index in [9.17, 15) is 77.6 Å². The standard InChI is InChI=1S/C48H37N9O19S4.3Na/c1-23-4-9-28(10-5-23)77(64,65)56-37-21-29(78(66,67)68)16-26-19-40(79(69,70)71)45(47(59)42(26)37)55-52-36-14-7-25(18-39(36)76-3)24-6-13-35(38(17-24)75-2)51-54-44-41(80(72,73)74)22-31-30(46(44)58)11-12-33(49)43(31)53-50-34-15-8-27(57(62)63)20-32(34)48(60)61;;;/h4-22,56,58-59H,49H2,1-3H3,(H,60,61)(H,66,67,68)(H,69,70,71)(H,72,73,74);;;. The number of carboxylic acid groups (broad SMARTS) is 1. The van der Waals surface area contributed by atoms with Gasteiger partial charge in [0.2, 0.25) is 0 Å². The fraction of sp³-hybridized carbons (Fsp3) is 0.0625. The first kappa shape index (κ1) is 67.2. The molecule has 28 nitrogen and oxygen atoms in total. The van der Waals surface area contributed by atoms with Gasteiger partial charge in [-0.25, -0.2) is 13.2 Å². The second kappa shape index (κ2) is 26.1. The van der Waals surface area contributed by atoms with E-state index < -0.39 is 117 Å². The Bertz CT molecular complexity index is 4540. The summed E-state index contributed by atoms with van der Waals surface area (Å²) in [6, 6.07) is 22.1. The molecule has 3 radical (unpaired) electrons. The van der Waals surface area contributed by atoms with E-state index in [0.29, 0.717) is 34.9 Å². The van der Waals surface area contributed by atoms with Crippen LogP contribution in [0.1, 0.15) is 15.9 Å². The maximum absolute atomic E-state index is 13.5. The average molecular weight is 1240 g/mol. The van der Waals surface area contributed by atoms with Crippen molar-refractivity contribution in [3.63, 3.8) is 0 Å². The fourth-order valence-electron chi connectivity index (χ4n) is 7.82. The van der Waals surface area contributed by atoms with Crippen LogP contribution in [0.5, 0.6) is 23.0 Å². The normalized spacial score (nSPS) is 12.0. The summed E-state index contributed by atoms with van der Waals surface area (Å²) in [5, 5.41) is 66.4. The van der Waals surface area contributed by atoms with Gasteiger partial charge in [0, 0.05) is 112 Å². The molecule has 0 spiro atoms. The Hall–Kier alpha value is -6.57. The molecule has 0 amide bonds. The minimum Gasteiger partial charge on any atom is -0.505 e. The molecule has 0 saturated heterocycles. The molecule has 0 aliphatic carbocycles. The number of nitrogen functional groups attached to an aromatic ring is 1. The van der Waals surface area contributed by atoms with Crippen LogP contribution in [0.3, 0.4) is 0 Å². The Morgan fingerprint density at radius 3 is 1.59 bits per heavy atom. The Morgan fingerprint density at radius 2 is 1.08 bits per heavy atom. The summed E-state index contributed by atoms with van der Waals surface area (Å²) in [4.78, 5) is 19.0. The Morgan fingerprint density at radius 1 is 0.578 bits per heavy atom. The first-order chi connectivity index (χ1) is 37.5. The topological polar surface area (TPSA) is 449 Å². The number of aromatic carboxylic acids is 1. The summed E-state index contributed by atoms with van der Waals surface area (Å²) >= 11 is 0. The van der Waals surface area contributed by atoms with Crippen molar-refractivity contribution in [2.24, 2.45) is 30.7 Å². The van der Waals surface area contributed by atoms with E-state index in [-0.39, 0.29) is 144 Å². The van der Waals surface area contributed by atoms with Crippen LogP contribution in [-0.4, -0.2) is 176 Å². The van der Waals surface area contributed by atoms with Gasteiger partial charge in [0.15, 0.2) is 11.5 Å². The van der Waals surface area contributed by atoms with E-state index in [1.54, 1.807) is 6.92 Å². The van der Waals surface area contributed by atoms with Gasteiger partial charge >= 0.3 is 5.97 Å². The summed E-state index contributed by atoms with van der Waals surface area (Å²) < 4.78 is 146. The van der Waals surface area contributed by atoms with E-state index in [4.69, 9.17) is 15.2 Å². The number of carboxylic acids is 1. The van der Waals surface area contributed by atoms with Crippen molar-refractivity contribution in [1.29, 1.82) is 0 Å². The number of nitrogens with one attached hydrogen (secondary N) is 1. The van der Waals surface area contributed by atoms with Gasteiger partial charge in [0.1, 0.15) is 55.4 Å². The molecule has 0 fully saturated rings. The number of fused-ring (bicyclic) bond motifs is 2. The van der Waals surface area contributed by atoms with Crippen LogP contribution in [0, 0.1) is 17.0 Å². The number of aromatic hydroxyl groups is 2. The minimum atomic E-state index is -5.33. The molecule has 8 rings (SSSR count). The van der Waals surface area contributed by atoms with Gasteiger partial charge in [-0.2, -0.15) is 25.3 Å². The molecule has 0 heterocycles. The molecule has 0 aliphatic rings. The molecule has 0 atom stereocenters. The number of hydrogen-bond acceptors (Lipinski definition) is 22. The first-order valence-corrected chi connectivity index (χ1v) is 27.9. The monoisotopic (exact) mass is 1240 g/mol. The quantitative estimate of drug-likeness (QED) is 0.0105. The molecular formula is C48H37N9Na3O19S4. The van der Waals surface area contributed by atoms with Crippen molar-refractivity contribution in [2.45, 2.75) is 26.5 Å². The molecule has 0 bridgehead atoms. The number of carbonyl (C=O) groups is 1. The number of sulfonamides is 1. The van der Waals surface area contributed by atoms with Crippen LogP contribution in [0.25, 0.3) is 32.7 Å². The van der Waals surface area contributed by atoms with E-state index in [1.165, 1.54) is 87.0 Å². The maximum Gasteiger partial charge on any atom is 0.338 e. The molecule has 9 N–H and O–H groups in total. The number of nitrogens with two attached hydrogens (primary N) is 1. The smallest absolute Gasteiger partial charge is 0.338 e. The number of nitro groups is 1. The minimum absolute atomic E-state index is 0. The van der Waals surface area contributed by atoms with Gasteiger partial charge in [0.05, 0.1) is 51.3 Å². The number of ether oxygens (including phenoxy) is 2. The zero-order chi connectivity index (χ0) is 58.4. The van der Waals surface area contributed by atoms with Crippen molar-refractivity contribution >= 4 is 208 Å². The zero-order valence-electron chi connectivity index (χ0n) is 43.8. The zero-order valence-corrected chi connectivity index (χ0v) is 53.1. The van der Waals surface area contributed by atoms with Crippen LogP contribution in [-0.2, 0) is 40.4 Å². The van der Waals surface area contributed by atoms with Gasteiger partial charge < -0.3 is 30.5 Å². The van der Waals surface area contributed by atoms with Crippen LogP contribution in [0.4, 0.5) is 51.2 Å². The molecule has 415 valence electrons. The number of aryl methyl sites for hydroxylation is 1. The maximum atomic E-state index is 13.5. The Kier molecular flexibility index (Phi) is 21.2. The summed E-state index contributed by atoms with van der Waals surface area (Å²) in [5.41, 5.74) is 3.13. The van der Waals surface area contributed by atoms with E-state index in [1.807, 2.05) is 0 Å². The average Bonchev–Trinajstić information content (AvgIpc) is 3.59. The molecule has 0 aliphatic heterocycles. The van der Waals surface area contributed by atoms with Gasteiger partial charge in [-0.15, -0.1) is 30.7 Å². The Labute approximate surface area is 536 Å². The largest absolute Gasteiger partial charge is 0.505 e. The number of rotatable bonds is 17. The fourth-order valence-corrected chi connectivity index (χ4v) is 10.7. The van der Waals surface area contributed by atoms with Gasteiger partial charge in [0.25, 0.3) is 46.1 Å². The van der Waals surface area contributed by atoms with E-state index in [2.05, 4.69) is 35.4 Å². The number of phenols is 2. The number of phenolic OH excluding ortho intramolecular Hbond substituents is 2. The third-order valence-corrected chi connectivity index (χ3v) is 15.6. The number of hydrogen-bond donors (Lipinski definition) is 8. The van der Waals surface area contributed by atoms with E-state index >= 15 is 0 Å². The SMILES string of the molecule is COc1cc(-c2ccc(N=Nc3c(S(=O)(=O)O)cc4cc(S(=O)(=O)O)cc(NS(=O)(=O)c5ccc(C)cc5)c4c3O)c(OC)c2)ccc1N=Nc1c(S(=O)(=O)O)cc2c(N=Nc3ccc([N+](=O)[O-])cc3C(=O)O)c(N)ccc2c1O.[Na].[Na].[Na]. The summed E-state index contributed by atoms with van der Waals surface area (Å²) in [7, 11) is -17.7. The molecule has 0 aromatic heterocycles. The van der Waals surface area contributed by atoms with Gasteiger partial charge in [-0.3, -0.25) is 28.5 Å². The molecule has 83 heavy (non-hydrogen) atoms. The van der Waals surface area contributed by atoms with Crippen LogP contribution < -0.4 is 19.9 Å². The second-order valence-corrected chi connectivity index (χ2v) is 22.7. The van der Waals surface area contributed by atoms with Crippen LogP contribution in [0.2, 0.25) is 0 Å². The van der Waals surface area contributed by atoms with E-state index in [0.717, 1.165) is 24.3 Å². The predicted octanol–water partition coefficient (Wildman–Crippen LogP) is 9.23. The number of non-ortho nitro benzene ring substituents is 1. The number of anilines is 2. The molecule has 8 aromatic carbocycles. The molecule has 35 heteroatoms. The Balaban J connectivity index is 0.00000420. The van der Waals surface area contributed by atoms with Crippen molar-refractivity contribution in [1.82, 2.24) is 0 Å². The van der Waals surface area contributed by atoms with Gasteiger partial charge in [-0.05, 0) is 102 Å². The third kappa shape index (κ3) is 14.5. The van der Waals surface area contributed by atoms with Crippen molar-refractivity contribution in [3.05, 3.63) is 137 Å². The second-order valence-electron chi connectivity index (χ2n) is 16.8.